The summed E-state index contributed by atoms with van der Waals surface area (Å²) < 4.78 is 0. The van der Waals surface area contributed by atoms with Gasteiger partial charge in [0.15, 0.2) is 0 Å². The van der Waals surface area contributed by atoms with Gasteiger partial charge in [0, 0.05) is 17.0 Å². The Balaban J connectivity index is 1.68. The summed E-state index contributed by atoms with van der Waals surface area (Å²) in [5.41, 5.74) is 1.89. The molecule has 2 aromatic carbocycles. The standard InChI is InChI=1S/C22H20N2O2S/c25-21(18-10-5-2-6-11-18)24-20(16-19-12-7-15-27-19)22(26)23-14-13-17-8-3-1-4-9-17/h1-12,15-16H,13-14H2,(H,23,26)(H,24,25)/b20-16-. The van der Waals surface area contributed by atoms with Gasteiger partial charge in [-0.2, -0.15) is 0 Å². The summed E-state index contributed by atoms with van der Waals surface area (Å²) in [4.78, 5) is 26.0. The van der Waals surface area contributed by atoms with Crippen molar-refractivity contribution in [3.63, 3.8) is 0 Å². The predicted molar refractivity (Wildman–Crippen MR) is 109 cm³/mol. The van der Waals surface area contributed by atoms with E-state index in [9.17, 15) is 9.59 Å². The molecule has 0 aliphatic rings. The second-order valence-corrected chi connectivity index (χ2v) is 6.86. The average molecular weight is 376 g/mol. The molecule has 0 fully saturated rings. The Bertz CT molecular complexity index is 904. The minimum absolute atomic E-state index is 0.236. The predicted octanol–water partition coefficient (Wildman–Crippen LogP) is 3.88. The van der Waals surface area contributed by atoms with Crippen LogP contribution in [0, 0.1) is 0 Å². The van der Waals surface area contributed by atoms with Crippen molar-refractivity contribution in [3.8, 4) is 0 Å². The molecule has 0 unspecified atom stereocenters. The fourth-order valence-corrected chi connectivity index (χ4v) is 3.18. The lowest BCUT2D eigenvalue weighted by molar-refractivity contribution is -0.117. The second-order valence-electron chi connectivity index (χ2n) is 5.89. The Labute approximate surface area is 162 Å². The maximum Gasteiger partial charge on any atom is 0.267 e. The van der Waals surface area contributed by atoms with E-state index in [4.69, 9.17) is 0 Å². The molecule has 0 bridgehead atoms. The quantitative estimate of drug-likeness (QED) is 0.615. The molecule has 3 aromatic rings. The van der Waals surface area contributed by atoms with Crippen molar-refractivity contribution in [2.45, 2.75) is 6.42 Å². The number of carbonyl (C=O) groups is 2. The molecule has 5 heteroatoms. The SMILES string of the molecule is O=C(NCCc1ccccc1)/C(=C/c1cccs1)NC(=O)c1ccccc1. The minimum atomic E-state index is -0.309. The van der Waals surface area contributed by atoms with Crippen LogP contribution in [0.5, 0.6) is 0 Å². The molecule has 2 amide bonds. The van der Waals surface area contributed by atoms with Crippen molar-refractivity contribution in [2.24, 2.45) is 0 Å². The molecule has 0 radical (unpaired) electrons. The molecule has 0 atom stereocenters. The Morgan fingerprint density at radius 1 is 0.889 bits per heavy atom. The topological polar surface area (TPSA) is 58.2 Å². The van der Waals surface area contributed by atoms with Gasteiger partial charge in [0.05, 0.1) is 0 Å². The van der Waals surface area contributed by atoms with E-state index in [2.05, 4.69) is 10.6 Å². The van der Waals surface area contributed by atoms with Crippen LogP contribution in [0.2, 0.25) is 0 Å². The van der Waals surface area contributed by atoms with Crippen molar-refractivity contribution in [3.05, 3.63) is 99.9 Å². The summed E-state index contributed by atoms with van der Waals surface area (Å²) in [6.45, 7) is 0.492. The third kappa shape index (κ3) is 5.66. The number of rotatable bonds is 7. The Morgan fingerprint density at radius 3 is 2.26 bits per heavy atom. The Hall–Kier alpha value is -3.18. The monoisotopic (exact) mass is 376 g/mol. The van der Waals surface area contributed by atoms with E-state index in [-0.39, 0.29) is 17.5 Å². The normalized spacial score (nSPS) is 11.0. The first-order chi connectivity index (χ1) is 13.2. The molecule has 136 valence electrons. The molecule has 0 saturated carbocycles. The summed E-state index contributed by atoms with van der Waals surface area (Å²) in [5, 5.41) is 7.55. The molecule has 27 heavy (non-hydrogen) atoms. The smallest absolute Gasteiger partial charge is 0.267 e. The van der Waals surface area contributed by atoms with E-state index in [1.807, 2.05) is 53.9 Å². The largest absolute Gasteiger partial charge is 0.350 e. The van der Waals surface area contributed by atoms with Crippen LogP contribution in [0.4, 0.5) is 0 Å². The molecule has 2 N–H and O–H groups in total. The summed E-state index contributed by atoms with van der Waals surface area (Å²) in [7, 11) is 0. The highest BCUT2D eigenvalue weighted by atomic mass is 32.1. The summed E-state index contributed by atoms with van der Waals surface area (Å²) in [6, 6.07) is 22.6. The first-order valence-electron chi connectivity index (χ1n) is 8.66. The molecule has 1 aromatic heterocycles. The van der Waals surface area contributed by atoms with Crippen molar-refractivity contribution in [1.29, 1.82) is 0 Å². The highest BCUT2D eigenvalue weighted by Crippen LogP contribution is 2.13. The van der Waals surface area contributed by atoms with Crippen LogP contribution < -0.4 is 10.6 Å². The Morgan fingerprint density at radius 2 is 1.59 bits per heavy atom. The lowest BCUT2D eigenvalue weighted by Gasteiger charge is -2.11. The van der Waals surface area contributed by atoms with Crippen LogP contribution in [0.15, 0.2) is 83.9 Å². The zero-order chi connectivity index (χ0) is 18.9. The van der Waals surface area contributed by atoms with Gasteiger partial charge in [-0.05, 0) is 41.6 Å². The van der Waals surface area contributed by atoms with Crippen molar-refractivity contribution in [2.75, 3.05) is 6.54 Å². The molecule has 1 heterocycles. The Kier molecular flexibility index (Phi) is 6.55. The number of benzene rings is 2. The lowest BCUT2D eigenvalue weighted by Crippen LogP contribution is -2.35. The third-order valence-corrected chi connectivity index (χ3v) is 4.72. The van der Waals surface area contributed by atoms with Crippen molar-refractivity contribution < 1.29 is 9.59 Å². The fraction of sp³-hybridized carbons (Fsp3) is 0.0909. The van der Waals surface area contributed by atoms with Gasteiger partial charge in [0.25, 0.3) is 11.8 Å². The zero-order valence-electron chi connectivity index (χ0n) is 14.7. The van der Waals surface area contributed by atoms with E-state index in [1.54, 1.807) is 30.3 Å². The van der Waals surface area contributed by atoms with E-state index in [0.29, 0.717) is 12.1 Å². The van der Waals surface area contributed by atoms with Crippen LogP contribution in [0.3, 0.4) is 0 Å². The molecular weight excluding hydrogens is 356 g/mol. The number of nitrogens with one attached hydrogen (secondary N) is 2. The minimum Gasteiger partial charge on any atom is -0.350 e. The molecule has 0 saturated heterocycles. The van der Waals surface area contributed by atoms with Crippen LogP contribution in [0.25, 0.3) is 6.08 Å². The van der Waals surface area contributed by atoms with Gasteiger partial charge >= 0.3 is 0 Å². The highest BCUT2D eigenvalue weighted by Gasteiger charge is 2.14. The fourth-order valence-electron chi connectivity index (χ4n) is 2.52. The van der Waals surface area contributed by atoms with E-state index in [1.165, 1.54) is 11.3 Å². The molecule has 0 aliphatic heterocycles. The van der Waals surface area contributed by atoms with Crippen LogP contribution in [0.1, 0.15) is 20.8 Å². The zero-order valence-corrected chi connectivity index (χ0v) is 15.5. The van der Waals surface area contributed by atoms with Crippen LogP contribution >= 0.6 is 11.3 Å². The lowest BCUT2D eigenvalue weighted by atomic mass is 10.1. The first kappa shape index (κ1) is 18.6. The van der Waals surface area contributed by atoms with Crippen LogP contribution in [-0.4, -0.2) is 18.4 Å². The van der Waals surface area contributed by atoms with Gasteiger partial charge in [0.2, 0.25) is 0 Å². The van der Waals surface area contributed by atoms with Crippen LogP contribution in [-0.2, 0) is 11.2 Å². The van der Waals surface area contributed by atoms with Crippen molar-refractivity contribution in [1.82, 2.24) is 10.6 Å². The summed E-state index contributed by atoms with van der Waals surface area (Å²) in [6.07, 6.45) is 2.43. The van der Waals surface area contributed by atoms with Gasteiger partial charge in [-0.3, -0.25) is 9.59 Å². The van der Waals surface area contributed by atoms with Crippen molar-refractivity contribution >= 4 is 29.2 Å². The molecule has 3 rings (SSSR count). The summed E-state index contributed by atoms with van der Waals surface area (Å²) >= 11 is 1.50. The molecule has 4 nitrogen and oxygen atoms in total. The number of hydrogen-bond acceptors (Lipinski definition) is 3. The number of carbonyl (C=O) groups excluding carboxylic acids is 2. The van der Waals surface area contributed by atoms with Gasteiger partial charge in [-0.1, -0.05) is 54.6 Å². The third-order valence-electron chi connectivity index (χ3n) is 3.90. The first-order valence-corrected chi connectivity index (χ1v) is 9.54. The van der Waals surface area contributed by atoms with Gasteiger partial charge < -0.3 is 10.6 Å². The highest BCUT2D eigenvalue weighted by molar-refractivity contribution is 7.10. The summed E-state index contributed by atoms with van der Waals surface area (Å²) in [5.74, 6) is -0.611. The number of hydrogen-bond donors (Lipinski definition) is 2. The second kappa shape index (κ2) is 9.50. The maximum absolute atomic E-state index is 12.6. The number of thiophene rings is 1. The maximum atomic E-state index is 12.6. The van der Waals surface area contributed by atoms with Gasteiger partial charge in [-0.15, -0.1) is 11.3 Å². The van der Waals surface area contributed by atoms with E-state index in [0.717, 1.165) is 16.9 Å². The van der Waals surface area contributed by atoms with E-state index < -0.39 is 0 Å². The molecule has 0 aliphatic carbocycles. The molecular formula is C22H20N2O2S. The van der Waals surface area contributed by atoms with E-state index >= 15 is 0 Å². The number of amides is 2. The van der Waals surface area contributed by atoms with Gasteiger partial charge in [0.1, 0.15) is 5.70 Å². The van der Waals surface area contributed by atoms with Gasteiger partial charge in [-0.25, -0.2) is 0 Å². The molecule has 0 spiro atoms. The average Bonchev–Trinajstić information content (AvgIpc) is 3.22.